The van der Waals surface area contributed by atoms with Crippen LogP contribution >= 0.6 is 15.9 Å². The molecule has 122 valence electrons. The van der Waals surface area contributed by atoms with E-state index in [1.165, 1.54) is 0 Å². The summed E-state index contributed by atoms with van der Waals surface area (Å²) < 4.78 is 2.71. The summed E-state index contributed by atoms with van der Waals surface area (Å²) in [4.78, 5) is 17.6. The molecule has 0 radical (unpaired) electrons. The molecule has 1 saturated carbocycles. The SMILES string of the molecule is Cc1ccccc1C(=O)N(C1CC1)n1cnc2c(N)cc(Br)cc21. The van der Waals surface area contributed by atoms with Crippen molar-refractivity contribution in [2.24, 2.45) is 0 Å². The Bertz CT molecular complexity index is 945. The van der Waals surface area contributed by atoms with Crippen molar-refractivity contribution in [2.75, 3.05) is 10.7 Å². The van der Waals surface area contributed by atoms with Crippen molar-refractivity contribution in [1.82, 2.24) is 9.66 Å². The lowest BCUT2D eigenvalue weighted by molar-refractivity contribution is 0.0957. The predicted octanol–water partition coefficient (Wildman–Crippen LogP) is 3.63. The normalized spacial score (nSPS) is 14.1. The van der Waals surface area contributed by atoms with Gasteiger partial charge >= 0.3 is 0 Å². The van der Waals surface area contributed by atoms with Crippen LogP contribution in [-0.2, 0) is 0 Å². The molecule has 0 aliphatic heterocycles. The fourth-order valence-electron chi connectivity index (χ4n) is 2.96. The van der Waals surface area contributed by atoms with Crippen molar-refractivity contribution in [3.05, 3.63) is 58.3 Å². The number of anilines is 1. The van der Waals surface area contributed by atoms with Crippen molar-refractivity contribution in [2.45, 2.75) is 25.8 Å². The lowest BCUT2D eigenvalue weighted by Gasteiger charge is -2.25. The summed E-state index contributed by atoms with van der Waals surface area (Å²) in [6.07, 6.45) is 3.68. The van der Waals surface area contributed by atoms with Crippen molar-refractivity contribution in [3.63, 3.8) is 0 Å². The van der Waals surface area contributed by atoms with E-state index in [0.717, 1.165) is 28.4 Å². The highest BCUT2D eigenvalue weighted by molar-refractivity contribution is 9.10. The van der Waals surface area contributed by atoms with E-state index < -0.39 is 0 Å². The first kappa shape index (κ1) is 15.2. The highest BCUT2D eigenvalue weighted by Crippen LogP contribution is 2.31. The fourth-order valence-corrected chi connectivity index (χ4v) is 3.43. The maximum absolute atomic E-state index is 13.2. The Kier molecular flexibility index (Phi) is 3.57. The van der Waals surface area contributed by atoms with Gasteiger partial charge in [0.1, 0.15) is 11.8 Å². The zero-order valence-electron chi connectivity index (χ0n) is 13.2. The number of rotatable bonds is 3. The van der Waals surface area contributed by atoms with Gasteiger partial charge in [-0.2, -0.15) is 0 Å². The molecule has 1 aromatic heterocycles. The number of benzene rings is 2. The maximum Gasteiger partial charge on any atom is 0.273 e. The molecule has 24 heavy (non-hydrogen) atoms. The van der Waals surface area contributed by atoms with E-state index in [2.05, 4.69) is 20.9 Å². The van der Waals surface area contributed by atoms with Crippen molar-refractivity contribution < 1.29 is 4.79 Å². The summed E-state index contributed by atoms with van der Waals surface area (Å²) in [5.41, 5.74) is 9.89. The molecule has 1 heterocycles. The largest absolute Gasteiger partial charge is 0.397 e. The minimum Gasteiger partial charge on any atom is -0.397 e. The molecule has 1 aliphatic carbocycles. The number of carbonyl (C=O) groups is 1. The van der Waals surface area contributed by atoms with Crippen LogP contribution < -0.4 is 10.7 Å². The summed E-state index contributed by atoms with van der Waals surface area (Å²) in [7, 11) is 0. The summed E-state index contributed by atoms with van der Waals surface area (Å²) in [5, 5.41) is 1.81. The van der Waals surface area contributed by atoms with Crippen LogP contribution in [0.4, 0.5) is 5.69 Å². The second kappa shape index (κ2) is 5.63. The molecule has 0 bridgehead atoms. The molecule has 0 saturated heterocycles. The van der Waals surface area contributed by atoms with Crippen LogP contribution in [0.5, 0.6) is 0 Å². The number of hydrogen-bond donors (Lipinski definition) is 1. The lowest BCUT2D eigenvalue weighted by Crippen LogP contribution is -2.42. The second-order valence-electron chi connectivity index (χ2n) is 6.15. The molecule has 1 fully saturated rings. The van der Waals surface area contributed by atoms with Gasteiger partial charge in [-0.15, -0.1) is 0 Å². The van der Waals surface area contributed by atoms with Gasteiger partial charge in [-0.05, 0) is 43.5 Å². The number of amides is 1. The van der Waals surface area contributed by atoms with E-state index >= 15 is 0 Å². The zero-order chi connectivity index (χ0) is 16.8. The molecule has 4 rings (SSSR count). The Hall–Kier alpha value is -2.34. The van der Waals surface area contributed by atoms with Crippen LogP contribution in [0.1, 0.15) is 28.8 Å². The molecule has 0 unspecified atom stereocenters. The maximum atomic E-state index is 13.2. The van der Waals surface area contributed by atoms with E-state index in [4.69, 9.17) is 5.73 Å². The number of aromatic nitrogens is 2. The van der Waals surface area contributed by atoms with Crippen LogP contribution in [0.2, 0.25) is 0 Å². The molecule has 0 spiro atoms. The number of hydrogen-bond acceptors (Lipinski definition) is 3. The number of nitrogen functional groups attached to an aromatic ring is 1. The highest BCUT2D eigenvalue weighted by atomic mass is 79.9. The standard InChI is InChI=1S/C18H17BrN4O/c1-11-4-2-3-5-14(11)18(24)23(13-6-7-13)22-10-21-17-15(20)8-12(19)9-16(17)22/h2-5,8-10,13H,6-7,20H2,1H3. The third-order valence-electron chi connectivity index (χ3n) is 4.34. The topological polar surface area (TPSA) is 64.2 Å². The molecule has 3 aromatic rings. The molecular formula is C18H17BrN4O. The molecule has 6 heteroatoms. The van der Waals surface area contributed by atoms with Gasteiger partial charge in [0.25, 0.3) is 5.91 Å². The third-order valence-corrected chi connectivity index (χ3v) is 4.79. The van der Waals surface area contributed by atoms with Gasteiger partial charge in [-0.1, -0.05) is 34.1 Å². The first-order chi connectivity index (χ1) is 11.6. The van der Waals surface area contributed by atoms with E-state index in [0.29, 0.717) is 16.8 Å². The monoisotopic (exact) mass is 384 g/mol. The molecule has 1 aliphatic rings. The van der Waals surface area contributed by atoms with Crippen LogP contribution in [0.3, 0.4) is 0 Å². The number of carbonyl (C=O) groups excluding carboxylic acids is 1. The average Bonchev–Trinajstić information content (AvgIpc) is 3.29. The van der Waals surface area contributed by atoms with Crippen LogP contribution in [0.15, 0.2) is 47.2 Å². The highest BCUT2D eigenvalue weighted by Gasteiger charge is 2.36. The van der Waals surface area contributed by atoms with Gasteiger partial charge in [0, 0.05) is 10.0 Å². The van der Waals surface area contributed by atoms with Gasteiger partial charge in [-0.25, -0.2) is 14.7 Å². The lowest BCUT2D eigenvalue weighted by atomic mass is 10.1. The molecule has 1 amide bonds. The van der Waals surface area contributed by atoms with Crippen LogP contribution in [0, 0.1) is 6.92 Å². The Morgan fingerprint density at radius 2 is 2.08 bits per heavy atom. The summed E-state index contributed by atoms with van der Waals surface area (Å²) in [6.45, 7) is 1.96. The molecule has 0 atom stereocenters. The van der Waals surface area contributed by atoms with Crippen molar-refractivity contribution in [3.8, 4) is 0 Å². The number of nitrogens with two attached hydrogens (primary N) is 1. The second-order valence-corrected chi connectivity index (χ2v) is 7.06. The summed E-state index contributed by atoms with van der Waals surface area (Å²) in [5.74, 6) is -0.00607. The Morgan fingerprint density at radius 1 is 1.33 bits per heavy atom. The van der Waals surface area contributed by atoms with Gasteiger partial charge in [0.15, 0.2) is 0 Å². The molecule has 5 nitrogen and oxygen atoms in total. The van der Waals surface area contributed by atoms with Gasteiger partial charge in [0.05, 0.1) is 17.2 Å². The predicted molar refractivity (Wildman–Crippen MR) is 98.6 cm³/mol. The van der Waals surface area contributed by atoms with E-state index in [-0.39, 0.29) is 11.9 Å². The van der Waals surface area contributed by atoms with Gasteiger partial charge < -0.3 is 5.73 Å². The van der Waals surface area contributed by atoms with E-state index in [1.54, 1.807) is 6.33 Å². The number of halogens is 1. The Balaban J connectivity index is 1.86. The van der Waals surface area contributed by atoms with E-state index in [9.17, 15) is 4.79 Å². The first-order valence-corrected chi connectivity index (χ1v) is 8.67. The number of nitrogens with zero attached hydrogens (tertiary/aromatic N) is 3. The fraction of sp³-hybridized carbons (Fsp3) is 0.222. The number of fused-ring (bicyclic) bond motifs is 1. The average molecular weight is 385 g/mol. The summed E-state index contributed by atoms with van der Waals surface area (Å²) in [6, 6.07) is 11.6. The molecule has 2 N–H and O–H groups in total. The number of aryl methyl sites for hydroxylation is 1. The number of imidazole rings is 1. The van der Waals surface area contributed by atoms with E-state index in [1.807, 2.05) is 53.0 Å². The van der Waals surface area contributed by atoms with Gasteiger partial charge in [-0.3, -0.25) is 4.79 Å². The van der Waals surface area contributed by atoms with Crippen molar-refractivity contribution in [1.29, 1.82) is 0 Å². The minimum atomic E-state index is -0.00607. The minimum absolute atomic E-state index is 0.00607. The zero-order valence-corrected chi connectivity index (χ0v) is 14.8. The Labute approximate surface area is 148 Å². The third kappa shape index (κ3) is 2.47. The van der Waals surface area contributed by atoms with Crippen LogP contribution in [-0.4, -0.2) is 21.6 Å². The quantitative estimate of drug-likeness (QED) is 0.701. The van der Waals surface area contributed by atoms with Crippen molar-refractivity contribution >= 4 is 38.6 Å². The smallest absolute Gasteiger partial charge is 0.273 e. The first-order valence-electron chi connectivity index (χ1n) is 7.88. The van der Waals surface area contributed by atoms with Gasteiger partial charge in [0.2, 0.25) is 0 Å². The Morgan fingerprint density at radius 3 is 2.79 bits per heavy atom. The molecule has 2 aromatic carbocycles. The van der Waals surface area contributed by atoms with Crippen LogP contribution in [0.25, 0.3) is 11.0 Å². The summed E-state index contributed by atoms with van der Waals surface area (Å²) >= 11 is 3.47. The molecular weight excluding hydrogens is 368 g/mol.